The van der Waals surface area contributed by atoms with Crippen molar-refractivity contribution in [3.05, 3.63) is 59.1 Å². The number of carbonyl (C=O) groups is 1. The molecule has 132 valence electrons. The Bertz CT molecular complexity index is 963. The van der Waals surface area contributed by atoms with E-state index in [1.807, 2.05) is 41.9 Å². The van der Waals surface area contributed by atoms with Crippen molar-refractivity contribution in [2.24, 2.45) is 5.92 Å². The number of anilines is 1. The fraction of sp³-hybridized carbons (Fsp3) is 0.333. The maximum absolute atomic E-state index is 12.6. The Balaban J connectivity index is 1.26. The van der Waals surface area contributed by atoms with Gasteiger partial charge in [-0.05, 0) is 67.6 Å². The molecule has 26 heavy (non-hydrogen) atoms. The SMILES string of the molecule is O=C(Nc1ccc2scnc2c1)c1cccc(C2CC2NCC2CC2)c1. The number of nitrogens with zero attached hydrogens (tertiary/aromatic N) is 1. The van der Waals surface area contributed by atoms with Crippen molar-refractivity contribution in [1.29, 1.82) is 0 Å². The van der Waals surface area contributed by atoms with Crippen LogP contribution < -0.4 is 10.6 Å². The van der Waals surface area contributed by atoms with Crippen molar-refractivity contribution in [2.75, 3.05) is 11.9 Å². The lowest BCUT2D eigenvalue weighted by atomic mass is 10.1. The summed E-state index contributed by atoms with van der Waals surface area (Å²) >= 11 is 1.60. The van der Waals surface area contributed by atoms with Gasteiger partial charge in [-0.1, -0.05) is 12.1 Å². The van der Waals surface area contributed by atoms with Crippen molar-refractivity contribution >= 4 is 33.1 Å². The van der Waals surface area contributed by atoms with Gasteiger partial charge in [0, 0.05) is 23.2 Å². The van der Waals surface area contributed by atoms with Crippen LogP contribution in [-0.2, 0) is 0 Å². The maximum atomic E-state index is 12.6. The number of hydrogen-bond donors (Lipinski definition) is 2. The Labute approximate surface area is 156 Å². The molecule has 0 saturated heterocycles. The normalized spacial score (nSPS) is 21.7. The molecule has 2 saturated carbocycles. The lowest BCUT2D eigenvalue weighted by Crippen LogP contribution is -2.20. The highest BCUT2D eigenvalue weighted by Gasteiger charge is 2.39. The molecule has 1 amide bonds. The van der Waals surface area contributed by atoms with Crippen LogP contribution in [-0.4, -0.2) is 23.5 Å². The molecular formula is C21H21N3OS. The fourth-order valence-electron chi connectivity index (χ4n) is 3.48. The van der Waals surface area contributed by atoms with Crippen LogP contribution in [0.15, 0.2) is 48.0 Å². The average molecular weight is 363 g/mol. The third-order valence-electron chi connectivity index (χ3n) is 5.32. The van der Waals surface area contributed by atoms with Crippen molar-refractivity contribution in [3.8, 4) is 0 Å². The molecule has 2 aromatic carbocycles. The van der Waals surface area contributed by atoms with Gasteiger partial charge in [0.15, 0.2) is 0 Å². The minimum atomic E-state index is -0.0652. The standard InChI is InChI=1S/C21H21N3OS/c25-21(24-16-6-7-20-19(9-16)23-12-26-20)15-3-1-2-14(8-15)17-10-18(17)22-11-13-4-5-13/h1-3,6-9,12-13,17-18,22H,4-5,10-11H2,(H,24,25). The van der Waals surface area contributed by atoms with Gasteiger partial charge in [0.05, 0.1) is 15.7 Å². The zero-order valence-electron chi connectivity index (χ0n) is 14.4. The minimum absolute atomic E-state index is 0.0652. The van der Waals surface area contributed by atoms with Gasteiger partial charge in [-0.3, -0.25) is 4.79 Å². The fourth-order valence-corrected chi connectivity index (χ4v) is 4.14. The molecule has 0 spiro atoms. The van der Waals surface area contributed by atoms with Gasteiger partial charge in [0.2, 0.25) is 0 Å². The molecule has 5 heteroatoms. The molecule has 0 bridgehead atoms. The first-order valence-corrected chi connectivity index (χ1v) is 10.1. The van der Waals surface area contributed by atoms with Gasteiger partial charge < -0.3 is 10.6 Å². The summed E-state index contributed by atoms with van der Waals surface area (Å²) in [6.07, 6.45) is 3.94. The molecule has 1 aromatic heterocycles. The molecule has 2 N–H and O–H groups in total. The molecule has 2 fully saturated rings. The zero-order valence-corrected chi connectivity index (χ0v) is 15.3. The summed E-state index contributed by atoms with van der Waals surface area (Å²) in [4.78, 5) is 17.0. The number of carbonyl (C=O) groups excluding carboxylic acids is 1. The van der Waals surface area contributed by atoms with Crippen LogP contribution in [0.5, 0.6) is 0 Å². The van der Waals surface area contributed by atoms with Crippen LogP contribution in [0.1, 0.15) is 41.1 Å². The van der Waals surface area contributed by atoms with E-state index in [1.165, 1.54) is 24.8 Å². The largest absolute Gasteiger partial charge is 0.322 e. The lowest BCUT2D eigenvalue weighted by molar-refractivity contribution is 0.102. The van der Waals surface area contributed by atoms with Gasteiger partial charge in [0.1, 0.15) is 0 Å². The van der Waals surface area contributed by atoms with E-state index < -0.39 is 0 Å². The van der Waals surface area contributed by atoms with Gasteiger partial charge in [-0.15, -0.1) is 11.3 Å². The molecule has 2 aliphatic carbocycles. The van der Waals surface area contributed by atoms with E-state index >= 15 is 0 Å². The molecule has 2 aliphatic rings. The summed E-state index contributed by atoms with van der Waals surface area (Å²) < 4.78 is 1.13. The summed E-state index contributed by atoms with van der Waals surface area (Å²) in [6.45, 7) is 1.15. The second kappa shape index (κ2) is 6.49. The van der Waals surface area contributed by atoms with Crippen LogP contribution in [0.25, 0.3) is 10.2 Å². The Morgan fingerprint density at radius 3 is 3.00 bits per heavy atom. The number of amides is 1. The minimum Gasteiger partial charge on any atom is -0.322 e. The first-order chi connectivity index (χ1) is 12.8. The van der Waals surface area contributed by atoms with Crippen molar-refractivity contribution in [2.45, 2.75) is 31.2 Å². The van der Waals surface area contributed by atoms with E-state index in [9.17, 15) is 4.79 Å². The quantitative estimate of drug-likeness (QED) is 0.682. The highest BCUT2D eigenvalue weighted by molar-refractivity contribution is 7.16. The molecule has 4 nitrogen and oxygen atoms in total. The number of thiazole rings is 1. The van der Waals surface area contributed by atoms with E-state index in [0.29, 0.717) is 17.5 Å². The van der Waals surface area contributed by atoms with E-state index in [1.54, 1.807) is 11.3 Å². The molecular weight excluding hydrogens is 342 g/mol. The smallest absolute Gasteiger partial charge is 0.255 e. The molecule has 5 rings (SSSR count). The molecule has 2 atom stereocenters. The van der Waals surface area contributed by atoms with Gasteiger partial charge >= 0.3 is 0 Å². The Hall–Kier alpha value is -2.24. The van der Waals surface area contributed by atoms with Crippen LogP contribution in [0.4, 0.5) is 5.69 Å². The molecule has 1 heterocycles. The highest BCUT2D eigenvalue weighted by Crippen LogP contribution is 2.41. The van der Waals surface area contributed by atoms with E-state index in [-0.39, 0.29) is 5.91 Å². The monoisotopic (exact) mass is 363 g/mol. The Morgan fingerprint density at radius 1 is 1.19 bits per heavy atom. The third-order valence-corrected chi connectivity index (χ3v) is 6.13. The second-order valence-electron chi connectivity index (χ2n) is 7.41. The molecule has 3 aromatic rings. The topological polar surface area (TPSA) is 54.0 Å². The van der Waals surface area contributed by atoms with Gasteiger partial charge in [-0.25, -0.2) is 4.98 Å². The number of benzene rings is 2. The maximum Gasteiger partial charge on any atom is 0.255 e. The summed E-state index contributed by atoms with van der Waals surface area (Å²) in [5.74, 6) is 1.39. The van der Waals surface area contributed by atoms with Crippen LogP contribution in [0, 0.1) is 5.92 Å². The third kappa shape index (κ3) is 3.37. The molecule has 0 aliphatic heterocycles. The van der Waals surface area contributed by atoms with Gasteiger partial charge in [-0.2, -0.15) is 0 Å². The Kier molecular flexibility index (Phi) is 3.98. The lowest BCUT2D eigenvalue weighted by Gasteiger charge is -2.08. The van der Waals surface area contributed by atoms with Crippen LogP contribution >= 0.6 is 11.3 Å². The van der Waals surface area contributed by atoms with Crippen molar-refractivity contribution < 1.29 is 4.79 Å². The second-order valence-corrected chi connectivity index (χ2v) is 8.30. The Morgan fingerprint density at radius 2 is 2.12 bits per heavy atom. The van der Waals surface area contributed by atoms with E-state index in [0.717, 1.165) is 28.4 Å². The predicted octanol–water partition coefficient (Wildman–Crippen LogP) is 4.40. The summed E-state index contributed by atoms with van der Waals surface area (Å²) in [5.41, 5.74) is 5.51. The highest BCUT2D eigenvalue weighted by atomic mass is 32.1. The number of rotatable bonds is 6. The number of nitrogens with one attached hydrogen (secondary N) is 2. The molecule has 0 radical (unpaired) electrons. The first-order valence-electron chi connectivity index (χ1n) is 9.24. The molecule has 2 unspecified atom stereocenters. The number of aromatic nitrogens is 1. The van der Waals surface area contributed by atoms with E-state index in [4.69, 9.17) is 0 Å². The van der Waals surface area contributed by atoms with Crippen LogP contribution in [0.2, 0.25) is 0 Å². The van der Waals surface area contributed by atoms with E-state index in [2.05, 4.69) is 21.7 Å². The van der Waals surface area contributed by atoms with Gasteiger partial charge in [0.25, 0.3) is 5.91 Å². The van der Waals surface area contributed by atoms with Crippen molar-refractivity contribution in [1.82, 2.24) is 10.3 Å². The first kappa shape index (κ1) is 16.0. The zero-order chi connectivity index (χ0) is 17.5. The number of hydrogen-bond acceptors (Lipinski definition) is 4. The summed E-state index contributed by atoms with van der Waals surface area (Å²) in [6, 6.07) is 14.5. The van der Waals surface area contributed by atoms with Crippen LogP contribution in [0.3, 0.4) is 0 Å². The predicted molar refractivity (Wildman–Crippen MR) is 106 cm³/mol. The summed E-state index contributed by atoms with van der Waals surface area (Å²) in [5, 5.41) is 6.66. The van der Waals surface area contributed by atoms with Crippen molar-refractivity contribution in [3.63, 3.8) is 0 Å². The number of fused-ring (bicyclic) bond motifs is 1. The average Bonchev–Trinajstić information content (AvgIpc) is 3.57. The summed E-state index contributed by atoms with van der Waals surface area (Å²) in [7, 11) is 0.